The van der Waals surface area contributed by atoms with Crippen molar-refractivity contribution in [2.24, 2.45) is 0 Å². The Morgan fingerprint density at radius 2 is 2.67 bits per heavy atom. The zero-order chi connectivity index (χ0) is 6.69. The van der Waals surface area contributed by atoms with E-state index in [1.165, 1.54) is 6.26 Å². The molecule has 0 unspecified atom stereocenters. The standard InChI is InChI=1S/C4H5NO4/c6-4(7)5-3-1-8-2-9-3/h1,5H,2H2,(H,6,7). The summed E-state index contributed by atoms with van der Waals surface area (Å²) in [5.41, 5.74) is 0. The highest BCUT2D eigenvalue weighted by Gasteiger charge is 2.07. The predicted octanol–water partition coefficient (Wildman–Crippen LogP) is 0.0572. The number of carboxylic acid groups (broad SMARTS) is 1. The van der Waals surface area contributed by atoms with E-state index in [9.17, 15) is 4.79 Å². The number of hydrogen-bond acceptors (Lipinski definition) is 3. The van der Waals surface area contributed by atoms with E-state index in [0.717, 1.165) is 0 Å². The summed E-state index contributed by atoms with van der Waals surface area (Å²) in [6.07, 6.45) is 0.0421. The molecular weight excluding hydrogens is 126 g/mol. The molecule has 0 saturated heterocycles. The van der Waals surface area contributed by atoms with Crippen LogP contribution in [-0.4, -0.2) is 18.0 Å². The fourth-order valence-corrected chi connectivity index (χ4v) is 0.412. The van der Waals surface area contributed by atoms with Gasteiger partial charge in [0.05, 0.1) is 0 Å². The zero-order valence-electron chi connectivity index (χ0n) is 4.46. The van der Waals surface area contributed by atoms with Gasteiger partial charge >= 0.3 is 6.09 Å². The summed E-state index contributed by atoms with van der Waals surface area (Å²) in [7, 11) is 0. The van der Waals surface area contributed by atoms with E-state index in [-0.39, 0.29) is 12.7 Å². The van der Waals surface area contributed by atoms with Crippen LogP contribution < -0.4 is 5.32 Å². The van der Waals surface area contributed by atoms with Crippen molar-refractivity contribution < 1.29 is 19.4 Å². The third kappa shape index (κ3) is 1.52. The maximum atomic E-state index is 9.87. The van der Waals surface area contributed by atoms with Crippen molar-refractivity contribution in [1.29, 1.82) is 0 Å². The van der Waals surface area contributed by atoms with Crippen molar-refractivity contribution in [1.82, 2.24) is 5.32 Å². The van der Waals surface area contributed by atoms with Gasteiger partial charge in [0.15, 0.2) is 0 Å². The van der Waals surface area contributed by atoms with Crippen molar-refractivity contribution in [3.8, 4) is 0 Å². The van der Waals surface area contributed by atoms with Gasteiger partial charge in [-0.2, -0.15) is 0 Å². The van der Waals surface area contributed by atoms with Gasteiger partial charge in [-0.25, -0.2) is 4.79 Å². The molecule has 0 aromatic rings. The Kier molecular flexibility index (Phi) is 1.44. The van der Waals surface area contributed by atoms with E-state index >= 15 is 0 Å². The maximum absolute atomic E-state index is 9.87. The van der Waals surface area contributed by atoms with Crippen molar-refractivity contribution >= 4 is 6.09 Å². The quantitative estimate of drug-likeness (QED) is 0.527. The van der Waals surface area contributed by atoms with Crippen LogP contribution in [0.2, 0.25) is 0 Å². The first kappa shape index (κ1) is 5.74. The fourth-order valence-electron chi connectivity index (χ4n) is 0.412. The number of hydrogen-bond donors (Lipinski definition) is 2. The molecule has 0 radical (unpaired) electrons. The summed E-state index contributed by atoms with van der Waals surface area (Å²) >= 11 is 0. The molecule has 1 amide bonds. The van der Waals surface area contributed by atoms with Gasteiger partial charge in [-0.05, 0) is 0 Å². The van der Waals surface area contributed by atoms with E-state index in [2.05, 4.69) is 9.47 Å². The first-order valence-corrected chi connectivity index (χ1v) is 2.23. The molecule has 9 heavy (non-hydrogen) atoms. The number of rotatable bonds is 1. The van der Waals surface area contributed by atoms with Crippen molar-refractivity contribution in [2.45, 2.75) is 0 Å². The number of amides is 1. The Morgan fingerprint density at radius 3 is 3.11 bits per heavy atom. The second kappa shape index (κ2) is 2.25. The van der Waals surface area contributed by atoms with Crippen molar-refractivity contribution in [2.75, 3.05) is 6.79 Å². The van der Waals surface area contributed by atoms with Gasteiger partial charge in [0.1, 0.15) is 6.26 Å². The van der Waals surface area contributed by atoms with Crippen molar-refractivity contribution in [3.05, 3.63) is 12.1 Å². The third-order valence-corrected chi connectivity index (χ3v) is 0.703. The highest BCUT2D eigenvalue weighted by Crippen LogP contribution is 2.00. The topological polar surface area (TPSA) is 67.8 Å². The normalized spacial score (nSPS) is 15.3. The molecule has 50 valence electrons. The van der Waals surface area contributed by atoms with Crippen LogP contribution in [0.3, 0.4) is 0 Å². The lowest BCUT2D eigenvalue weighted by Gasteiger charge is -1.96. The predicted molar refractivity (Wildman–Crippen MR) is 26.3 cm³/mol. The molecule has 2 N–H and O–H groups in total. The molecule has 5 nitrogen and oxygen atoms in total. The molecule has 1 aliphatic heterocycles. The van der Waals surface area contributed by atoms with Gasteiger partial charge in [-0.3, -0.25) is 5.32 Å². The van der Waals surface area contributed by atoms with E-state index in [1.807, 2.05) is 5.32 Å². The van der Waals surface area contributed by atoms with Gasteiger partial charge in [-0.15, -0.1) is 0 Å². The Bertz CT molecular complexity index is 153. The summed E-state index contributed by atoms with van der Waals surface area (Å²) in [4.78, 5) is 9.87. The second-order valence-electron chi connectivity index (χ2n) is 1.34. The lowest BCUT2D eigenvalue weighted by Crippen LogP contribution is -2.19. The van der Waals surface area contributed by atoms with Gasteiger partial charge in [0.2, 0.25) is 12.7 Å². The lowest BCUT2D eigenvalue weighted by molar-refractivity contribution is 0.0742. The molecule has 1 rings (SSSR count). The van der Waals surface area contributed by atoms with Gasteiger partial charge in [-0.1, -0.05) is 0 Å². The van der Waals surface area contributed by atoms with Gasteiger partial charge in [0.25, 0.3) is 0 Å². The molecule has 0 bridgehead atoms. The van der Waals surface area contributed by atoms with E-state index < -0.39 is 6.09 Å². The first-order valence-electron chi connectivity index (χ1n) is 2.23. The van der Waals surface area contributed by atoms with Crippen LogP contribution in [0.1, 0.15) is 0 Å². The van der Waals surface area contributed by atoms with E-state index in [0.29, 0.717) is 0 Å². The second-order valence-corrected chi connectivity index (χ2v) is 1.34. The highest BCUT2D eigenvalue weighted by atomic mass is 16.7. The Hall–Kier alpha value is -1.39. The average molecular weight is 131 g/mol. The summed E-state index contributed by atoms with van der Waals surface area (Å²) in [6, 6.07) is 0. The Balaban J connectivity index is 2.35. The fraction of sp³-hybridized carbons (Fsp3) is 0.250. The minimum atomic E-state index is -1.16. The number of carbonyl (C=O) groups is 1. The Labute approximate surface area is 50.9 Å². The molecule has 5 heteroatoms. The number of nitrogens with one attached hydrogen (secondary N) is 1. The monoisotopic (exact) mass is 131 g/mol. The van der Waals surface area contributed by atoms with E-state index in [4.69, 9.17) is 5.11 Å². The molecule has 0 saturated carbocycles. The minimum Gasteiger partial charge on any atom is -0.465 e. The molecule has 0 atom stereocenters. The molecule has 1 heterocycles. The summed E-state index contributed by atoms with van der Waals surface area (Å²) in [6.45, 7) is 0.0790. The molecular formula is C4H5NO4. The molecule has 0 spiro atoms. The van der Waals surface area contributed by atoms with Crippen LogP contribution >= 0.6 is 0 Å². The van der Waals surface area contributed by atoms with Crippen LogP contribution in [-0.2, 0) is 9.47 Å². The number of ether oxygens (including phenoxy) is 2. The summed E-state index contributed by atoms with van der Waals surface area (Å²) in [5, 5.41) is 10.1. The van der Waals surface area contributed by atoms with Crippen LogP contribution in [0, 0.1) is 0 Å². The van der Waals surface area contributed by atoms with Crippen LogP contribution in [0.5, 0.6) is 0 Å². The van der Waals surface area contributed by atoms with Crippen LogP contribution in [0.25, 0.3) is 0 Å². The maximum Gasteiger partial charge on any atom is 0.411 e. The van der Waals surface area contributed by atoms with Crippen LogP contribution in [0.4, 0.5) is 4.79 Å². The average Bonchev–Trinajstić information content (AvgIpc) is 2.15. The van der Waals surface area contributed by atoms with Gasteiger partial charge in [0, 0.05) is 0 Å². The largest absolute Gasteiger partial charge is 0.465 e. The third-order valence-electron chi connectivity index (χ3n) is 0.703. The SMILES string of the molecule is O=C(O)NC1=COCO1. The molecule has 0 aromatic heterocycles. The van der Waals surface area contributed by atoms with E-state index in [1.54, 1.807) is 0 Å². The highest BCUT2D eigenvalue weighted by molar-refractivity contribution is 5.66. The Morgan fingerprint density at radius 1 is 1.89 bits per heavy atom. The summed E-state index contributed by atoms with van der Waals surface area (Å²) < 4.78 is 9.16. The molecule has 0 fully saturated rings. The summed E-state index contributed by atoms with van der Waals surface area (Å²) in [5.74, 6) is 0.127. The lowest BCUT2D eigenvalue weighted by atomic mass is 10.8. The molecule has 0 aromatic carbocycles. The zero-order valence-corrected chi connectivity index (χ0v) is 4.46. The molecule has 0 aliphatic carbocycles. The first-order chi connectivity index (χ1) is 4.29. The smallest absolute Gasteiger partial charge is 0.411 e. The van der Waals surface area contributed by atoms with Gasteiger partial charge < -0.3 is 14.6 Å². The molecule has 1 aliphatic rings. The van der Waals surface area contributed by atoms with Crippen molar-refractivity contribution in [3.63, 3.8) is 0 Å². The van der Waals surface area contributed by atoms with Crippen LogP contribution in [0.15, 0.2) is 12.1 Å². The minimum absolute atomic E-state index is 0.0790.